The third kappa shape index (κ3) is 11.0. The van der Waals surface area contributed by atoms with Gasteiger partial charge in [-0.1, -0.05) is 72.8 Å². The van der Waals surface area contributed by atoms with Crippen LogP contribution in [-0.4, -0.2) is 85.1 Å². The number of rotatable bonds is 20. The number of benzene rings is 4. The van der Waals surface area contributed by atoms with Crippen molar-refractivity contribution in [2.24, 2.45) is 0 Å². The van der Waals surface area contributed by atoms with Crippen LogP contribution < -0.4 is 20.5 Å². The molecule has 5 aromatic rings. The van der Waals surface area contributed by atoms with Crippen LogP contribution >= 0.6 is 31.1 Å². The van der Waals surface area contributed by atoms with E-state index in [-0.39, 0.29) is 37.5 Å². The maximum Gasteiger partial charge on any atom is 0.351 e. The van der Waals surface area contributed by atoms with Crippen molar-refractivity contribution in [2.45, 2.75) is 76.3 Å². The zero-order valence-electron chi connectivity index (χ0n) is 36.3. The first kappa shape index (κ1) is 47.7. The van der Waals surface area contributed by atoms with E-state index in [1.54, 1.807) is 44.7 Å². The van der Waals surface area contributed by atoms with Crippen molar-refractivity contribution in [1.82, 2.24) is 14.2 Å². The molecule has 1 aromatic heterocycles. The molecular formula is C47H53IN5O9P. The van der Waals surface area contributed by atoms with Crippen molar-refractivity contribution < 1.29 is 37.5 Å². The number of anilines is 1. The summed E-state index contributed by atoms with van der Waals surface area (Å²) in [6.07, 6.45) is -1.96. The van der Waals surface area contributed by atoms with Crippen molar-refractivity contribution in [3.63, 3.8) is 0 Å². The highest BCUT2D eigenvalue weighted by molar-refractivity contribution is 14.1. The molecule has 4 aromatic carbocycles. The average Bonchev–Trinajstić information content (AvgIpc) is 3.64. The fourth-order valence-electron chi connectivity index (χ4n) is 7.61. The van der Waals surface area contributed by atoms with Gasteiger partial charge in [-0.05, 0) is 103 Å². The van der Waals surface area contributed by atoms with Crippen LogP contribution in [0.3, 0.4) is 0 Å². The van der Waals surface area contributed by atoms with Gasteiger partial charge >= 0.3 is 5.69 Å². The van der Waals surface area contributed by atoms with Gasteiger partial charge in [0.05, 0.1) is 43.5 Å². The second-order valence-corrected chi connectivity index (χ2v) is 17.7. The fourth-order valence-corrected chi connectivity index (χ4v) is 9.93. The number of aromatic nitrogens is 2. The summed E-state index contributed by atoms with van der Waals surface area (Å²) in [5, 5.41) is 12.2. The summed E-state index contributed by atoms with van der Waals surface area (Å²) in [5.41, 5.74) is 0.988. The Kier molecular flexibility index (Phi) is 16.8. The van der Waals surface area contributed by atoms with E-state index in [2.05, 4.69) is 48.7 Å². The molecule has 1 fully saturated rings. The normalized spacial score (nSPS) is 18.1. The van der Waals surface area contributed by atoms with Crippen LogP contribution in [0.1, 0.15) is 67.4 Å². The zero-order chi connectivity index (χ0) is 45.1. The number of methoxy groups -OCH3 is 3. The Morgan fingerprint density at radius 1 is 0.873 bits per heavy atom. The summed E-state index contributed by atoms with van der Waals surface area (Å²) in [7, 11) is 2.95. The molecule has 1 aliphatic rings. The minimum absolute atomic E-state index is 0.00470. The number of carbonyl (C=O) groups excluding carboxylic acids is 1. The molecule has 16 heteroatoms. The first-order valence-electron chi connectivity index (χ1n) is 20.5. The molecule has 1 saturated heterocycles. The Morgan fingerprint density at radius 2 is 1.43 bits per heavy atom. The highest BCUT2D eigenvalue weighted by Crippen LogP contribution is 2.51. The fraction of sp³-hybridized carbons (Fsp3) is 0.362. The Hall–Kier alpha value is -4.76. The van der Waals surface area contributed by atoms with Gasteiger partial charge in [0.2, 0.25) is 0 Å². The molecule has 0 bridgehead atoms. The number of carbonyl (C=O) groups is 1. The van der Waals surface area contributed by atoms with Gasteiger partial charge in [0.15, 0.2) is 12.0 Å². The van der Waals surface area contributed by atoms with Crippen LogP contribution in [0.15, 0.2) is 120 Å². The van der Waals surface area contributed by atoms with E-state index in [1.165, 1.54) is 11.7 Å². The van der Waals surface area contributed by atoms with E-state index in [1.807, 2.05) is 108 Å². The molecule has 1 amide bonds. The number of amides is 1. The van der Waals surface area contributed by atoms with Gasteiger partial charge in [0.25, 0.3) is 14.4 Å². The molecule has 63 heavy (non-hydrogen) atoms. The number of nitrogens with one attached hydrogen (secondary N) is 1. The Labute approximate surface area is 383 Å². The molecule has 0 saturated carbocycles. The quantitative estimate of drug-likeness (QED) is 0.0343. The predicted octanol–water partition coefficient (Wildman–Crippen LogP) is 8.70. The summed E-state index contributed by atoms with van der Waals surface area (Å²) in [6.45, 7) is 8.28. The molecule has 14 nitrogen and oxygen atoms in total. The molecule has 5 atom stereocenters. The predicted molar refractivity (Wildman–Crippen MR) is 249 cm³/mol. The van der Waals surface area contributed by atoms with E-state index >= 15 is 0 Å². The van der Waals surface area contributed by atoms with Crippen molar-refractivity contribution in [2.75, 3.05) is 39.9 Å². The first-order chi connectivity index (χ1) is 30.4. The van der Waals surface area contributed by atoms with Crippen molar-refractivity contribution in [1.29, 1.82) is 5.26 Å². The van der Waals surface area contributed by atoms with Gasteiger partial charge in [-0.2, -0.15) is 10.2 Å². The van der Waals surface area contributed by atoms with Crippen LogP contribution in [0, 0.1) is 14.9 Å². The van der Waals surface area contributed by atoms with Gasteiger partial charge in [-0.3, -0.25) is 9.36 Å². The van der Waals surface area contributed by atoms with Gasteiger partial charge in [-0.25, -0.2) is 9.46 Å². The largest absolute Gasteiger partial charge is 0.497 e. The number of nitrogens with zero attached hydrogens (tertiary/aromatic N) is 4. The minimum Gasteiger partial charge on any atom is -0.497 e. The van der Waals surface area contributed by atoms with Crippen molar-refractivity contribution >= 4 is 42.8 Å². The summed E-state index contributed by atoms with van der Waals surface area (Å²) < 4.78 is 49.0. The molecule has 2 heterocycles. The summed E-state index contributed by atoms with van der Waals surface area (Å²) >= 11 is 2.03. The van der Waals surface area contributed by atoms with Gasteiger partial charge < -0.3 is 38.0 Å². The van der Waals surface area contributed by atoms with Crippen LogP contribution in [-0.2, 0) is 28.9 Å². The number of ether oxygens (including phenoxy) is 5. The van der Waals surface area contributed by atoms with E-state index in [0.29, 0.717) is 20.6 Å². The van der Waals surface area contributed by atoms with Crippen LogP contribution in [0.25, 0.3) is 0 Å². The molecule has 0 aliphatic carbocycles. The van der Waals surface area contributed by atoms with Crippen LogP contribution in [0.5, 0.6) is 11.5 Å². The van der Waals surface area contributed by atoms with Crippen LogP contribution in [0.2, 0.25) is 0 Å². The zero-order valence-corrected chi connectivity index (χ0v) is 39.4. The number of hydrogen-bond donors (Lipinski definition) is 1. The highest BCUT2D eigenvalue weighted by atomic mass is 127. The molecule has 1 unspecified atom stereocenters. The average molecular weight is 990 g/mol. The van der Waals surface area contributed by atoms with Gasteiger partial charge in [-0.15, -0.1) is 0 Å². The van der Waals surface area contributed by atoms with Gasteiger partial charge in [0.1, 0.15) is 35.4 Å². The van der Waals surface area contributed by atoms with Gasteiger partial charge in [0, 0.05) is 31.0 Å². The van der Waals surface area contributed by atoms with Crippen molar-refractivity contribution in [3.05, 3.63) is 152 Å². The van der Waals surface area contributed by atoms with E-state index in [0.717, 1.165) is 16.7 Å². The molecule has 1 aliphatic heterocycles. The standard InChI is InChI=1S/C47H53IN5O9P/c1-31(2)53(32(3)4)63(60-28-14-27-49)62-41-40(61-45(42(41)58-7)52-29-39(48)43(51-46(52)55)50-44(54)33-15-10-8-11-16-33)30-59-47(34-17-12-9-13-18-34,35-19-23-37(56-5)24-20-35)36-21-25-38(57-6)26-22-36/h8-13,15-26,29,31-32,40-42,45H,14,28,30H2,1-7H3,(H,50,51,54,55)/t40-,41-,42-,45-,63?/m1/s1. The lowest BCUT2D eigenvalue weighted by atomic mass is 9.80. The molecule has 332 valence electrons. The lowest BCUT2D eigenvalue weighted by Gasteiger charge is -2.39. The molecule has 0 spiro atoms. The third-order valence-corrected chi connectivity index (χ3v) is 13.4. The lowest BCUT2D eigenvalue weighted by Crippen LogP contribution is -2.43. The Bertz CT molecular complexity index is 2290. The lowest BCUT2D eigenvalue weighted by molar-refractivity contribution is -0.0957. The number of nitriles is 1. The second-order valence-electron chi connectivity index (χ2n) is 15.1. The summed E-state index contributed by atoms with van der Waals surface area (Å²) in [4.78, 5) is 31.4. The van der Waals surface area contributed by atoms with Crippen molar-refractivity contribution in [3.8, 4) is 17.6 Å². The summed E-state index contributed by atoms with van der Waals surface area (Å²) in [6, 6.07) is 36.1. The van der Waals surface area contributed by atoms with E-state index in [4.69, 9.17) is 32.7 Å². The minimum atomic E-state index is -1.82. The smallest absolute Gasteiger partial charge is 0.351 e. The summed E-state index contributed by atoms with van der Waals surface area (Å²) in [5.74, 6) is 1.06. The number of hydrogen-bond acceptors (Lipinski definition) is 12. The monoisotopic (exact) mass is 989 g/mol. The maximum absolute atomic E-state index is 14.0. The van der Waals surface area contributed by atoms with E-state index in [9.17, 15) is 14.9 Å². The Balaban J connectivity index is 1.46. The molecule has 6 rings (SSSR count). The second kappa shape index (κ2) is 22.2. The molecular weight excluding hydrogens is 936 g/mol. The SMILES string of the molecule is COc1ccc(C(OC[C@H]2O[C@@H](n3cc(I)c(NC(=O)c4ccccc4)nc3=O)[C@H](OC)[C@@H]2OP(OCCC#N)N(C(C)C)C(C)C)(c2ccccc2)c2ccc(OC)cc2)cc1. The molecule has 1 N–H and O–H groups in total. The Morgan fingerprint density at radius 3 is 1.95 bits per heavy atom. The highest BCUT2D eigenvalue weighted by Gasteiger charge is 2.51. The first-order valence-corrected chi connectivity index (χ1v) is 22.7. The maximum atomic E-state index is 14.0. The van der Waals surface area contributed by atoms with Crippen LogP contribution in [0.4, 0.5) is 5.82 Å². The number of halogens is 1. The topological polar surface area (TPSA) is 156 Å². The third-order valence-electron chi connectivity index (χ3n) is 10.5. The van der Waals surface area contributed by atoms with E-state index < -0.39 is 50.3 Å². The molecule has 0 radical (unpaired) electrons.